The van der Waals surface area contributed by atoms with Gasteiger partial charge in [0, 0.05) is 12.0 Å². The van der Waals surface area contributed by atoms with Crippen LogP contribution in [0.1, 0.15) is 145 Å². The lowest BCUT2D eigenvalue weighted by Gasteiger charge is -2.08. The number of unbranched alkanes of at least 4 members (excludes halogenated alkanes) is 17. The molecule has 2 aromatic carbocycles. The molecule has 0 fully saturated rings. The minimum Gasteiger partial charge on any atom is -0.294 e. The van der Waals surface area contributed by atoms with Crippen molar-refractivity contribution in [1.82, 2.24) is 0 Å². The molecule has 0 radical (unpaired) electrons. The maximum absolute atomic E-state index is 12.7. The predicted octanol–water partition coefficient (Wildman–Crippen LogP) is 11.3. The van der Waals surface area contributed by atoms with Crippen LogP contribution in [0.2, 0.25) is 0 Å². The SMILES string of the molecule is CCCCCCCCCCCCCCCCCCCCC(=O)c1ccc(-c2ccccc2)cc1C. The van der Waals surface area contributed by atoms with E-state index in [1.54, 1.807) is 0 Å². The number of carbonyl (C=O) groups is 1. The van der Waals surface area contributed by atoms with Gasteiger partial charge in [-0.15, -0.1) is 0 Å². The number of aryl methyl sites for hydroxylation is 1. The van der Waals surface area contributed by atoms with Crippen molar-refractivity contribution in [2.24, 2.45) is 0 Å². The Balaban J connectivity index is 1.41. The Morgan fingerprint density at radius 3 is 1.46 bits per heavy atom. The van der Waals surface area contributed by atoms with E-state index in [-0.39, 0.29) is 0 Å². The molecule has 0 heterocycles. The Bertz CT molecular complexity index is 791. The normalized spacial score (nSPS) is 11.1. The molecule has 0 aliphatic heterocycles. The summed E-state index contributed by atoms with van der Waals surface area (Å²) >= 11 is 0. The average molecular weight is 477 g/mol. The number of Topliss-reactive ketones (excluding diaryl/α,β-unsaturated/α-hetero) is 1. The monoisotopic (exact) mass is 476 g/mol. The number of hydrogen-bond acceptors (Lipinski definition) is 1. The van der Waals surface area contributed by atoms with Gasteiger partial charge in [0.25, 0.3) is 0 Å². The zero-order chi connectivity index (χ0) is 25.0. The summed E-state index contributed by atoms with van der Waals surface area (Å²) < 4.78 is 0. The summed E-state index contributed by atoms with van der Waals surface area (Å²) in [5, 5.41) is 0. The van der Waals surface area contributed by atoms with Gasteiger partial charge in [-0.25, -0.2) is 0 Å². The van der Waals surface area contributed by atoms with Crippen molar-refractivity contribution in [3.63, 3.8) is 0 Å². The summed E-state index contributed by atoms with van der Waals surface area (Å²) in [6.07, 6.45) is 25.4. The second kappa shape index (κ2) is 19.3. The van der Waals surface area contributed by atoms with Crippen LogP contribution in [0.5, 0.6) is 0 Å². The zero-order valence-electron chi connectivity index (χ0n) is 23.0. The van der Waals surface area contributed by atoms with E-state index in [1.165, 1.54) is 120 Å². The number of benzene rings is 2. The zero-order valence-corrected chi connectivity index (χ0v) is 23.0. The van der Waals surface area contributed by atoms with Gasteiger partial charge in [-0.3, -0.25) is 4.79 Å². The van der Waals surface area contributed by atoms with Crippen LogP contribution < -0.4 is 0 Å². The summed E-state index contributed by atoms with van der Waals surface area (Å²) in [6.45, 7) is 4.36. The summed E-state index contributed by atoms with van der Waals surface area (Å²) in [4.78, 5) is 12.7. The Kier molecular flexibility index (Phi) is 16.2. The van der Waals surface area contributed by atoms with E-state index in [1.807, 2.05) is 12.1 Å². The number of ketones is 1. The van der Waals surface area contributed by atoms with Crippen LogP contribution in [-0.4, -0.2) is 5.78 Å². The summed E-state index contributed by atoms with van der Waals surface area (Å²) in [7, 11) is 0. The maximum atomic E-state index is 12.7. The van der Waals surface area contributed by atoms with Crippen molar-refractivity contribution in [1.29, 1.82) is 0 Å². The lowest BCUT2D eigenvalue weighted by Crippen LogP contribution is -2.02. The van der Waals surface area contributed by atoms with Crippen LogP contribution >= 0.6 is 0 Å². The molecule has 1 heteroatoms. The molecule has 0 amide bonds. The molecule has 0 aliphatic rings. The average Bonchev–Trinajstić information content (AvgIpc) is 2.88. The highest BCUT2D eigenvalue weighted by molar-refractivity contribution is 5.97. The third-order valence-electron chi connectivity index (χ3n) is 7.39. The van der Waals surface area contributed by atoms with Gasteiger partial charge < -0.3 is 0 Å². The van der Waals surface area contributed by atoms with Crippen LogP contribution in [0, 0.1) is 6.92 Å². The summed E-state index contributed by atoms with van der Waals surface area (Å²) in [6, 6.07) is 16.7. The molecule has 2 rings (SSSR count). The molecule has 0 aliphatic carbocycles. The fourth-order valence-electron chi connectivity index (χ4n) is 5.11. The molecule has 2 aromatic rings. The van der Waals surface area contributed by atoms with E-state index in [0.717, 1.165) is 17.5 Å². The molecule has 194 valence electrons. The largest absolute Gasteiger partial charge is 0.294 e. The number of carbonyl (C=O) groups excluding carboxylic acids is 1. The van der Waals surface area contributed by atoms with Gasteiger partial charge in [0.15, 0.2) is 5.78 Å². The third-order valence-corrected chi connectivity index (χ3v) is 7.39. The molecule has 1 nitrogen and oxygen atoms in total. The maximum Gasteiger partial charge on any atom is 0.163 e. The van der Waals surface area contributed by atoms with Gasteiger partial charge in [0.1, 0.15) is 0 Å². The van der Waals surface area contributed by atoms with Crippen LogP contribution in [-0.2, 0) is 0 Å². The molecule has 0 saturated carbocycles. The van der Waals surface area contributed by atoms with E-state index < -0.39 is 0 Å². The Morgan fingerprint density at radius 1 is 0.543 bits per heavy atom. The molecule has 0 bridgehead atoms. The third kappa shape index (κ3) is 13.1. The van der Waals surface area contributed by atoms with Gasteiger partial charge in [-0.2, -0.15) is 0 Å². The molecular weight excluding hydrogens is 424 g/mol. The van der Waals surface area contributed by atoms with Gasteiger partial charge in [-0.05, 0) is 30.0 Å². The van der Waals surface area contributed by atoms with Crippen molar-refractivity contribution < 1.29 is 4.79 Å². The van der Waals surface area contributed by atoms with Crippen molar-refractivity contribution in [3.8, 4) is 11.1 Å². The van der Waals surface area contributed by atoms with Crippen LogP contribution in [0.4, 0.5) is 0 Å². The molecule has 0 spiro atoms. The highest BCUT2D eigenvalue weighted by atomic mass is 16.1. The number of rotatable bonds is 21. The fraction of sp³-hybridized carbons (Fsp3) is 0.618. The molecular formula is C34H52O. The highest BCUT2D eigenvalue weighted by Gasteiger charge is 2.10. The van der Waals surface area contributed by atoms with Crippen LogP contribution in [0.3, 0.4) is 0 Å². The van der Waals surface area contributed by atoms with Gasteiger partial charge in [0.2, 0.25) is 0 Å². The van der Waals surface area contributed by atoms with Crippen molar-refractivity contribution in [2.45, 2.75) is 136 Å². The van der Waals surface area contributed by atoms with E-state index in [9.17, 15) is 4.79 Å². The molecule has 35 heavy (non-hydrogen) atoms. The van der Waals surface area contributed by atoms with Crippen molar-refractivity contribution >= 4 is 5.78 Å². The second-order valence-electron chi connectivity index (χ2n) is 10.6. The van der Waals surface area contributed by atoms with Crippen molar-refractivity contribution in [3.05, 3.63) is 59.7 Å². The standard InChI is InChI=1S/C34H52O/c1-3-4-5-6-7-8-9-10-11-12-13-14-15-16-17-18-19-23-26-34(35)33-28-27-32(29-30(33)2)31-24-21-20-22-25-31/h20-22,24-25,27-29H,3-19,23,26H2,1-2H3. The van der Waals surface area contributed by atoms with Gasteiger partial charge >= 0.3 is 0 Å². The minimum atomic E-state index is 0.304. The first-order chi connectivity index (χ1) is 17.2. The predicted molar refractivity (Wildman–Crippen MR) is 154 cm³/mol. The van der Waals surface area contributed by atoms with E-state index in [0.29, 0.717) is 12.2 Å². The van der Waals surface area contributed by atoms with E-state index in [4.69, 9.17) is 0 Å². The number of hydrogen-bond donors (Lipinski definition) is 0. The van der Waals surface area contributed by atoms with E-state index >= 15 is 0 Å². The topological polar surface area (TPSA) is 17.1 Å². The first-order valence-electron chi connectivity index (χ1n) is 14.9. The van der Waals surface area contributed by atoms with Crippen molar-refractivity contribution in [2.75, 3.05) is 0 Å². The first kappa shape index (κ1) is 29.3. The Hall–Kier alpha value is -1.89. The molecule has 0 atom stereocenters. The molecule has 0 aromatic heterocycles. The summed E-state index contributed by atoms with van der Waals surface area (Å²) in [5.74, 6) is 0.304. The summed E-state index contributed by atoms with van der Waals surface area (Å²) in [5.41, 5.74) is 4.39. The minimum absolute atomic E-state index is 0.304. The van der Waals surface area contributed by atoms with E-state index in [2.05, 4.69) is 50.2 Å². The lowest BCUT2D eigenvalue weighted by molar-refractivity contribution is 0.0978. The molecule has 0 N–H and O–H groups in total. The molecule has 0 unspecified atom stereocenters. The van der Waals surface area contributed by atoms with Gasteiger partial charge in [0.05, 0.1) is 0 Å². The fourth-order valence-corrected chi connectivity index (χ4v) is 5.11. The Labute approximate surface area is 217 Å². The smallest absolute Gasteiger partial charge is 0.163 e. The lowest BCUT2D eigenvalue weighted by atomic mass is 9.95. The highest BCUT2D eigenvalue weighted by Crippen LogP contribution is 2.23. The first-order valence-corrected chi connectivity index (χ1v) is 14.9. The van der Waals surface area contributed by atoms with Crippen LogP contribution in [0.25, 0.3) is 11.1 Å². The molecule has 0 saturated heterocycles. The second-order valence-corrected chi connectivity index (χ2v) is 10.6. The van der Waals surface area contributed by atoms with Gasteiger partial charge in [-0.1, -0.05) is 165 Å². The Morgan fingerprint density at radius 2 is 1.00 bits per heavy atom. The quantitative estimate of drug-likeness (QED) is 0.129. The van der Waals surface area contributed by atoms with Crippen LogP contribution in [0.15, 0.2) is 48.5 Å².